The van der Waals surface area contributed by atoms with E-state index in [1.165, 1.54) is 0 Å². The molecule has 21 heavy (non-hydrogen) atoms. The second-order valence-corrected chi connectivity index (χ2v) is 5.54. The quantitative estimate of drug-likeness (QED) is 0.651. The summed E-state index contributed by atoms with van der Waals surface area (Å²) in [5.74, 6) is 0.685. The highest BCUT2D eigenvalue weighted by Crippen LogP contribution is 2.34. The van der Waals surface area contributed by atoms with Crippen LogP contribution in [0.3, 0.4) is 0 Å². The number of benzene rings is 2. The molecule has 106 valence electrons. The number of hydrogen-bond donors (Lipinski definition) is 2. The van der Waals surface area contributed by atoms with E-state index in [9.17, 15) is 0 Å². The largest absolute Gasteiger partial charge is 0.381 e. The van der Waals surface area contributed by atoms with Crippen LogP contribution in [0.1, 0.15) is 0 Å². The first-order valence-electron chi connectivity index (χ1n) is 5.98. The maximum atomic E-state index is 6.13. The molecule has 2 aromatic carbocycles. The van der Waals surface area contributed by atoms with E-state index in [1.54, 1.807) is 12.1 Å². The minimum Gasteiger partial charge on any atom is -0.381 e. The van der Waals surface area contributed by atoms with Crippen molar-refractivity contribution in [1.82, 2.24) is 9.97 Å². The third kappa shape index (κ3) is 2.83. The predicted octanol–water partition coefficient (Wildman–Crippen LogP) is 4.92. The summed E-state index contributed by atoms with van der Waals surface area (Å²) >= 11 is 18.0. The fourth-order valence-electron chi connectivity index (χ4n) is 1.85. The van der Waals surface area contributed by atoms with Gasteiger partial charge < -0.3 is 11.1 Å². The molecule has 4 nitrogen and oxygen atoms in total. The molecule has 0 fully saturated rings. The van der Waals surface area contributed by atoms with Gasteiger partial charge in [0.25, 0.3) is 0 Å². The smallest absolute Gasteiger partial charge is 0.174 e. The number of halogens is 3. The fourth-order valence-corrected chi connectivity index (χ4v) is 2.45. The molecule has 1 aromatic heterocycles. The van der Waals surface area contributed by atoms with Crippen LogP contribution in [0.5, 0.6) is 0 Å². The SMILES string of the molecule is Nc1nc2ccccc2nc1Nc1cc(Cl)c(Cl)cc1Cl. The molecule has 3 aromatic rings. The molecule has 0 aliphatic rings. The van der Waals surface area contributed by atoms with Crippen LogP contribution in [0.2, 0.25) is 15.1 Å². The molecule has 0 saturated carbocycles. The van der Waals surface area contributed by atoms with Gasteiger partial charge in [0.2, 0.25) is 0 Å². The van der Waals surface area contributed by atoms with Gasteiger partial charge in [-0.1, -0.05) is 46.9 Å². The van der Waals surface area contributed by atoms with E-state index in [1.807, 2.05) is 24.3 Å². The Balaban J connectivity index is 2.05. The lowest BCUT2D eigenvalue weighted by molar-refractivity contribution is 1.29. The van der Waals surface area contributed by atoms with Crippen molar-refractivity contribution >= 4 is 63.2 Å². The number of rotatable bonds is 2. The van der Waals surface area contributed by atoms with Crippen molar-refractivity contribution in [2.45, 2.75) is 0 Å². The number of aromatic nitrogens is 2. The highest BCUT2D eigenvalue weighted by atomic mass is 35.5. The Morgan fingerprint density at radius 2 is 1.48 bits per heavy atom. The van der Waals surface area contributed by atoms with E-state index in [4.69, 9.17) is 40.5 Å². The molecule has 0 spiro atoms. The zero-order chi connectivity index (χ0) is 15.0. The molecular formula is C14H9Cl3N4. The van der Waals surface area contributed by atoms with Crippen LogP contribution < -0.4 is 11.1 Å². The third-order valence-corrected chi connectivity index (χ3v) is 3.90. The molecule has 0 atom stereocenters. The molecule has 0 radical (unpaired) electrons. The van der Waals surface area contributed by atoms with E-state index in [-0.39, 0.29) is 5.82 Å². The molecule has 0 aliphatic carbocycles. The van der Waals surface area contributed by atoms with Crippen molar-refractivity contribution in [3.05, 3.63) is 51.5 Å². The van der Waals surface area contributed by atoms with E-state index < -0.39 is 0 Å². The summed E-state index contributed by atoms with van der Waals surface area (Å²) in [5.41, 5.74) is 7.92. The van der Waals surface area contributed by atoms with E-state index in [0.29, 0.717) is 26.6 Å². The van der Waals surface area contributed by atoms with Gasteiger partial charge in [-0.05, 0) is 24.3 Å². The highest BCUT2D eigenvalue weighted by Gasteiger charge is 2.10. The molecule has 0 bridgehead atoms. The predicted molar refractivity (Wildman–Crippen MR) is 88.7 cm³/mol. The monoisotopic (exact) mass is 338 g/mol. The highest BCUT2D eigenvalue weighted by molar-refractivity contribution is 6.44. The number of anilines is 3. The average molecular weight is 340 g/mol. The van der Waals surface area contributed by atoms with Crippen LogP contribution in [0.15, 0.2) is 36.4 Å². The van der Waals surface area contributed by atoms with Gasteiger partial charge >= 0.3 is 0 Å². The minimum absolute atomic E-state index is 0.274. The van der Waals surface area contributed by atoms with Crippen molar-refractivity contribution in [2.24, 2.45) is 0 Å². The molecule has 0 saturated heterocycles. The summed E-state index contributed by atoms with van der Waals surface area (Å²) in [6, 6.07) is 10.6. The van der Waals surface area contributed by atoms with Crippen LogP contribution >= 0.6 is 34.8 Å². The van der Waals surface area contributed by atoms with Gasteiger partial charge in [-0.2, -0.15) is 0 Å². The lowest BCUT2D eigenvalue weighted by atomic mass is 10.3. The summed E-state index contributed by atoms with van der Waals surface area (Å²) in [5, 5.41) is 4.21. The summed E-state index contributed by atoms with van der Waals surface area (Å²) in [4.78, 5) is 8.72. The summed E-state index contributed by atoms with van der Waals surface area (Å²) < 4.78 is 0. The number of nitrogens with one attached hydrogen (secondary N) is 1. The van der Waals surface area contributed by atoms with Crippen LogP contribution in [0.25, 0.3) is 11.0 Å². The molecule has 0 amide bonds. The third-order valence-electron chi connectivity index (χ3n) is 2.86. The number of para-hydroxylation sites is 2. The normalized spacial score (nSPS) is 10.8. The van der Waals surface area contributed by atoms with Gasteiger partial charge in [0.15, 0.2) is 11.6 Å². The van der Waals surface area contributed by atoms with Crippen molar-refractivity contribution in [2.75, 3.05) is 11.1 Å². The van der Waals surface area contributed by atoms with Crippen LogP contribution in [-0.4, -0.2) is 9.97 Å². The summed E-state index contributed by atoms with van der Waals surface area (Å²) in [6.45, 7) is 0. The van der Waals surface area contributed by atoms with Crippen LogP contribution in [0.4, 0.5) is 17.3 Å². The lowest BCUT2D eigenvalue weighted by Gasteiger charge is -2.11. The second-order valence-electron chi connectivity index (χ2n) is 4.32. The van der Waals surface area contributed by atoms with Crippen molar-refractivity contribution < 1.29 is 0 Å². The maximum Gasteiger partial charge on any atom is 0.174 e. The van der Waals surface area contributed by atoms with E-state index in [0.717, 1.165) is 11.0 Å². The Morgan fingerprint density at radius 1 is 0.857 bits per heavy atom. The van der Waals surface area contributed by atoms with Gasteiger partial charge in [0.05, 0.1) is 31.8 Å². The lowest BCUT2D eigenvalue weighted by Crippen LogP contribution is -2.02. The van der Waals surface area contributed by atoms with E-state index >= 15 is 0 Å². The van der Waals surface area contributed by atoms with Gasteiger partial charge in [-0.15, -0.1) is 0 Å². The Labute approximate surface area is 135 Å². The van der Waals surface area contributed by atoms with Gasteiger partial charge in [0, 0.05) is 0 Å². The Morgan fingerprint density at radius 3 is 2.19 bits per heavy atom. The number of hydrogen-bond acceptors (Lipinski definition) is 4. The summed E-state index contributed by atoms with van der Waals surface area (Å²) in [7, 11) is 0. The number of fused-ring (bicyclic) bond motifs is 1. The van der Waals surface area contributed by atoms with E-state index in [2.05, 4.69) is 15.3 Å². The van der Waals surface area contributed by atoms with Gasteiger partial charge in [-0.3, -0.25) is 0 Å². The Bertz CT molecular complexity index is 836. The van der Waals surface area contributed by atoms with Crippen molar-refractivity contribution in [1.29, 1.82) is 0 Å². The Kier molecular flexibility index (Phi) is 3.76. The molecular weight excluding hydrogens is 331 g/mol. The first-order chi connectivity index (χ1) is 10.0. The Hall–Kier alpha value is -1.75. The molecule has 3 rings (SSSR count). The van der Waals surface area contributed by atoms with Crippen molar-refractivity contribution in [3.8, 4) is 0 Å². The minimum atomic E-state index is 0.274. The molecule has 1 heterocycles. The van der Waals surface area contributed by atoms with Crippen molar-refractivity contribution in [3.63, 3.8) is 0 Å². The summed E-state index contributed by atoms with van der Waals surface area (Å²) in [6.07, 6.45) is 0. The molecule has 3 N–H and O–H groups in total. The standard InChI is InChI=1S/C14H9Cl3N4/c15-7-5-9(17)12(6-8(7)16)21-14-13(18)19-10-3-1-2-4-11(10)20-14/h1-6H,(H2,18,19)(H,20,21). The maximum absolute atomic E-state index is 6.13. The first-order valence-corrected chi connectivity index (χ1v) is 7.12. The molecule has 0 unspecified atom stereocenters. The van der Waals surface area contributed by atoms with Crippen LogP contribution in [0, 0.1) is 0 Å². The zero-order valence-electron chi connectivity index (χ0n) is 10.6. The average Bonchev–Trinajstić information content (AvgIpc) is 2.45. The number of nitrogens with zero attached hydrogens (tertiary/aromatic N) is 2. The molecule has 7 heteroatoms. The van der Waals surface area contributed by atoms with Gasteiger partial charge in [0.1, 0.15) is 0 Å². The van der Waals surface area contributed by atoms with Gasteiger partial charge in [-0.25, -0.2) is 9.97 Å². The zero-order valence-corrected chi connectivity index (χ0v) is 12.8. The molecule has 0 aliphatic heterocycles. The first kappa shape index (κ1) is 14.2. The number of nitrogens with two attached hydrogens (primary N) is 1. The topological polar surface area (TPSA) is 63.8 Å². The second kappa shape index (κ2) is 5.56. The fraction of sp³-hybridized carbons (Fsp3) is 0. The number of nitrogen functional groups attached to an aromatic ring is 1. The van der Waals surface area contributed by atoms with Crippen LogP contribution in [-0.2, 0) is 0 Å².